The number of rotatable bonds is 3. The second kappa shape index (κ2) is 6.46. The van der Waals surface area contributed by atoms with E-state index >= 15 is 0 Å². The number of fused-ring (bicyclic) bond motifs is 2. The monoisotopic (exact) mass is 351 g/mol. The number of halogens is 2. The molecule has 0 radical (unpaired) electrons. The Labute approximate surface area is 141 Å². The number of pyridine rings is 1. The quantitative estimate of drug-likeness (QED) is 0.925. The molecule has 3 atom stereocenters. The van der Waals surface area contributed by atoms with Crippen molar-refractivity contribution in [1.29, 1.82) is 0 Å². The first-order valence-corrected chi connectivity index (χ1v) is 9.28. The standard InChI is InChI=1S/C17H19F2N3OS/c18-17(19)14-8-21-6-11-2-1-3-15(16(11)14)24(23)22-9-12-4-5-20-7-13(12)10-22/h1-3,6,8,12-13,17,20H,4-5,7,9-10H2. The highest BCUT2D eigenvalue weighted by molar-refractivity contribution is 7.83. The molecule has 0 spiro atoms. The van der Waals surface area contributed by atoms with Crippen molar-refractivity contribution in [2.24, 2.45) is 11.8 Å². The number of alkyl halides is 2. The van der Waals surface area contributed by atoms with Gasteiger partial charge in [-0.15, -0.1) is 0 Å². The SMILES string of the molecule is O=S(c1cccc2cncc(C(F)F)c12)N1CC2CCNCC2C1. The predicted octanol–water partition coefficient (Wildman–Crippen LogP) is 2.74. The van der Waals surface area contributed by atoms with Crippen molar-refractivity contribution >= 4 is 21.8 Å². The molecule has 0 amide bonds. The smallest absolute Gasteiger partial charge is 0.265 e. The second-order valence-corrected chi connectivity index (χ2v) is 7.95. The fourth-order valence-electron chi connectivity index (χ4n) is 3.84. The predicted molar refractivity (Wildman–Crippen MR) is 89.1 cm³/mol. The number of aromatic nitrogens is 1. The molecule has 128 valence electrons. The molecule has 2 saturated heterocycles. The van der Waals surface area contributed by atoms with E-state index < -0.39 is 17.4 Å². The molecule has 1 N–H and O–H groups in total. The fraction of sp³-hybridized carbons (Fsp3) is 0.471. The van der Waals surface area contributed by atoms with Crippen molar-refractivity contribution in [1.82, 2.24) is 14.6 Å². The van der Waals surface area contributed by atoms with Gasteiger partial charge in [0.15, 0.2) is 0 Å². The van der Waals surface area contributed by atoms with E-state index in [4.69, 9.17) is 0 Å². The molecule has 0 bridgehead atoms. The number of hydrogen-bond donors (Lipinski definition) is 1. The molecule has 3 unspecified atom stereocenters. The third-order valence-electron chi connectivity index (χ3n) is 5.07. The number of nitrogens with one attached hydrogen (secondary N) is 1. The summed E-state index contributed by atoms with van der Waals surface area (Å²) in [7, 11) is -1.43. The Morgan fingerprint density at radius 2 is 2.08 bits per heavy atom. The minimum absolute atomic E-state index is 0.144. The Morgan fingerprint density at radius 3 is 2.88 bits per heavy atom. The third-order valence-corrected chi connectivity index (χ3v) is 6.56. The zero-order valence-corrected chi connectivity index (χ0v) is 13.9. The summed E-state index contributed by atoms with van der Waals surface area (Å²) in [6, 6.07) is 5.20. The first kappa shape index (κ1) is 16.1. The van der Waals surface area contributed by atoms with Gasteiger partial charge in [0.1, 0.15) is 11.0 Å². The average Bonchev–Trinajstić information content (AvgIpc) is 3.04. The summed E-state index contributed by atoms with van der Waals surface area (Å²) in [6.45, 7) is 3.46. The van der Waals surface area contributed by atoms with Gasteiger partial charge in [-0.3, -0.25) is 4.98 Å². The van der Waals surface area contributed by atoms with E-state index in [1.54, 1.807) is 24.4 Å². The Kier molecular flexibility index (Phi) is 4.32. The van der Waals surface area contributed by atoms with Crippen LogP contribution in [0.3, 0.4) is 0 Å². The van der Waals surface area contributed by atoms with E-state index in [-0.39, 0.29) is 5.56 Å². The van der Waals surface area contributed by atoms with Gasteiger partial charge in [0.25, 0.3) is 6.43 Å². The second-order valence-electron chi connectivity index (χ2n) is 6.49. The number of benzene rings is 1. The zero-order chi connectivity index (χ0) is 16.7. The van der Waals surface area contributed by atoms with Crippen LogP contribution in [0.4, 0.5) is 8.78 Å². The summed E-state index contributed by atoms with van der Waals surface area (Å²) in [4.78, 5) is 4.36. The number of nitrogens with zero attached hydrogens (tertiary/aromatic N) is 2. The number of piperidine rings is 1. The van der Waals surface area contributed by atoms with Gasteiger partial charge in [0.2, 0.25) is 0 Å². The van der Waals surface area contributed by atoms with Crippen LogP contribution in [0.5, 0.6) is 0 Å². The lowest BCUT2D eigenvalue weighted by Crippen LogP contribution is -2.35. The molecule has 4 rings (SSSR count). The van der Waals surface area contributed by atoms with E-state index in [9.17, 15) is 13.0 Å². The maximum atomic E-state index is 13.4. The molecule has 2 fully saturated rings. The lowest BCUT2D eigenvalue weighted by molar-refractivity contribution is 0.152. The van der Waals surface area contributed by atoms with Gasteiger partial charge in [-0.05, 0) is 37.4 Å². The molecule has 1 aromatic carbocycles. The summed E-state index contributed by atoms with van der Waals surface area (Å²) in [5, 5.41) is 4.37. The van der Waals surface area contributed by atoms with E-state index in [2.05, 4.69) is 10.3 Å². The molecule has 2 aromatic rings. The maximum Gasteiger partial charge on any atom is 0.265 e. The summed E-state index contributed by atoms with van der Waals surface area (Å²) in [5.41, 5.74) is -0.144. The van der Waals surface area contributed by atoms with E-state index in [1.165, 1.54) is 6.20 Å². The van der Waals surface area contributed by atoms with Crippen LogP contribution in [-0.4, -0.2) is 39.7 Å². The van der Waals surface area contributed by atoms with Gasteiger partial charge < -0.3 is 5.32 Å². The van der Waals surface area contributed by atoms with Crippen molar-refractivity contribution in [3.05, 3.63) is 36.2 Å². The van der Waals surface area contributed by atoms with Gasteiger partial charge in [0.05, 0.1) is 4.90 Å². The molecule has 3 heterocycles. The Morgan fingerprint density at radius 1 is 1.25 bits per heavy atom. The van der Waals surface area contributed by atoms with Crippen LogP contribution >= 0.6 is 0 Å². The Balaban J connectivity index is 1.72. The highest BCUT2D eigenvalue weighted by Gasteiger charge is 2.37. The fourth-order valence-corrected chi connectivity index (χ4v) is 5.38. The van der Waals surface area contributed by atoms with Gasteiger partial charge in [0, 0.05) is 41.8 Å². The van der Waals surface area contributed by atoms with Crippen LogP contribution in [0.15, 0.2) is 35.5 Å². The Bertz CT molecular complexity index is 766. The topological polar surface area (TPSA) is 45.2 Å². The Hall–Kier alpha value is -1.44. The molecule has 0 aliphatic carbocycles. The van der Waals surface area contributed by atoms with E-state index in [0.29, 0.717) is 27.5 Å². The van der Waals surface area contributed by atoms with Gasteiger partial charge in [-0.1, -0.05) is 12.1 Å². The van der Waals surface area contributed by atoms with Crippen LogP contribution < -0.4 is 5.32 Å². The van der Waals surface area contributed by atoms with Crippen LogP contribution in [-0.2, 0) is 11.0 Å². The van der Waals surface area contributed by atoms with Crippen LogP contribution in [0, 0.1) is 11.8 Å². The van der Waals surface area contributed by atoms with E-state index in [1.807, 2.05) is 4.31 Å². The zero-order valence-electron chi connectivity index (χ0n) is 13.1. The van der Waals surface area contributed by atoms with Crippen molar-refractivity contribution in [3.63, 3.8) is 0 Å². The molecular weight excluding hydrogens is 332 g/mol. The minimum Gasteiger partial charge on any atom is -0.316 e. The number of hydrogen-bond acceptors (Lipinski definition) is 3. The third kappa shape index (κ3) is 2.74. The first-order chi connectivity index (χ1) is 11.6. The van der Waals surface area contributed by atoms with Crippen molar-refractivity contribution in [3.8, 4) is 0 Å². The molecule has 1 aromatic heterocycles. The lowest BCUT2D eigenvalue weighted by atomic mass is 9.90. The lowest BCUT2D eigenvalue weighted by Gasteiger charge is -2.24. The summed E-state index contributed by atoms with van der Waals surface area (Å²) >= 11 is 0. The first-order valence-electron chi connectivity index (χ1n) is 8.17. The highest BCUT2D eigenvalue weighted by Crippen LogP contribution is 2.35. The van der Waals surface area contributed by atoms with Crippen LogP contribution in [0.2, 0.25) is 0 Å². The normalized spacial score (nSPS) is 26.0. The van der Waals surface area contributed by atoms with Crippen molar-refractivity contribution < 1.29 is 13.0 Å². The summed E-state index contributed by atoms with van der Waals surface area (Å²) in [6.07, 6.45) is 1.18. The van der Waals surface area contributed by atoms with Crippen LogP contribution in [0.25, 0.3) is 10.8 Å². The van der Waals surface area contributed by atoms with Crippen LogP contribution in [0.1, 0.15) is 18.4 Å². The van der Waals surface area contributed by atoms with Gasteiger partial charge in [-0.25, -0.2) is 17.3 Å². The van der Waals surface area contributed by atoms with Crippen molar-refractivity contribution in [2.75, 3.05) is 26.2 Å². The maximum absolute atomic E-state index is 13.4. The molecule has 2 aliphatic heterocycles. The highest BCUT2D eigenvalue weighted by atomic mass is 32.2. The van der Waals surface area contributed by atoms with Gasteiger partial charge >= 0.3 is 0 Å². The molecule has 24 heavy (non-hydrogen) atoms. The molecular formula is C17H19F2N3OS. The molecule has 2 aliphatic rings. The molecule has 0 saturated carbocycles. The molecule has 4 nitrogen and oxygen atoms in total. The minimum atomic E-state index is -2.63. The average molecular weight is 351 g/mol. The largest absolute Gasteiger partial charge is 0.316 e. The van der Waals surface area contributed by atoms with E-state index in [0.717, 1.165) is 32.6 Å². The summed E-state index contributed by atoms with van der Waals surface area (Å²) in [5.74, 6) is 1.04. The van der Waals surface area contributed by atoms with Crippen molar-refractivity contribution in [2.45, 2.75) is 17.7 Å². The molecule has 7 heteroatoms. The summed E-state index contributed by atoms with van der Waals surface area (Å²) < 4.78 is 41.9. The van der Waals surface area contributed by atoms with Gasteiger partial charge in [-0.2, -0.15) is 0 Å².